The van der Waals surface area contributed by atoms with Crippen LogP contribution in [0, 0.1) is 17.8 Å². The van der Waals surface area contributed by atoms with Gasteiger partial charge in [-0.1, -0.05) is 79.1 Å². The molecular formula is C18H36O2. The summed E-state index contributed by atoms with van der Waals surface area (Å²) in [4.78, 5) is 11.3. The molecule has 0 aromatic carbocycles. The van der Waals surface area contributed by atoms with Crippen molar-refractivity contribution in [3.8, 4) is 0 Å². The van der Waals surface area contributed by atoms with Gasteiger partial charge >= 0.3 is 5.97 Å². The van der Waals surface area contributed by atoms with Crippen molar-refractivity contribution in [1.29, 1.82) is 0 Å². The van der Waals surface area contributed by atoms with Gasteiger partial charge in [0.05, 0.1) is 5.92 Å². The number of rotatable bonds is 13. The molecule has 0 heterocycles. The van der Waals surface area contributed by atoms with Gasteiger partial charge in [0.1, 0.15) is 0 Å². The highest BCUT2D eigenvalue weighted by atomic mass is 16.4. The molecule has 1 atom stereocenters. The summed E-state index contributed by atoms with van der Waals surface area (Å²) in [6.07, 6.45) is 11.5. The van der Waals surface area contributed by atoms with Crippen LogP contribution in [0.15, 0.2) is 0 Å². The average molecular weight is 284 g/mol. The van der Waals surface area contributed by atoms with E-state index in [0.29, 0.717) is 5.92 Å². The van der Waals surface area contributed by atoms with Gasteiger partial charge in [-0.05, 0) is 24.7 Å². The lowest BCUT2D eigenvalue weighted by atomic mass is 9.87. The minimum absolute atomic E-state index is 0.115. The SMILES string of the molecule is CCC(CC)CC(CCCCCCCC(C)C)C(=O)O. The van der Waals surface area contributed by atoms with Crippen LogP contribution in [-0.4, -0.2) is 11.1 Å². The Hall–Kier alpha value is -0.530. The fourth-order valence-corrected chi connectivity index (χ4v) is 2.84. The van der Waals surface area contributed by atoms with E-state index in [2.05, 4.69) is 27.7 Å². The summed E-state index contributed by atoms with van der Waals surface area (Å²) in [5, 5.41) is 9.32. The molecule has 0 aromatic rings. The van der Waals surface area contributed by atoms with Gasteiger partial charge in [0.25, 0.3) is 0 Å². The molecule has 0 aliphatic heterocycles. The molecule has 0 aromatic heterocycles. The Morgan fingerprint density at radius 3 is 1.85 bits per heavy atom. The third kappa shape index (κ3) is 10.3. The summed E-state index contributed by atoms with van der Waals surface area (Å²) in [6.45, 7) is 8.88. The first-order valence-electron chi connectivity index (χ1n) is 8.73. The quantitative estimate of drug-likeness (QED) is 0.427. The molecule has 0 aliphatic rings. The second-order valence-electron chi connectivity index (χ2n) is 6.69. The van der Waals surface area contributed by atoms with Crippen LogP contribution < -0.4 is 0 Å². The van der Waals surface area contributed by atoms with E-state index in [1.54, 1.807) is 0 Å². The van der Waals surface area contributed by atoms with E-state index >= 15 is 0 Å². The topological polar surface area (TPSA) is 37.3 Å². The number of aliphatic carboxylic acids is 1. The summed E-state index contributed by atoms with van der Waals surface area (Å²) in [5.41, 5.74) is 0. The first kappa shape index (κ1) is 19.5. The number of carbonyl (C=O) groups is 1. The third-order valence-electron chi connectivity index (χ3n) is 4.46. The van der Waals surface area contributed by atoms with E-state index in [4.69, 9.17) is 0 Å². The normalized spacial score (nSPS) is 13.1. The molecule has 0 aliphatic carbocycles. The number of hydrogen-bond donors (Lipinski definition) is 1. The molecular weight excluding hydrogens is 248 g/mol. The first-order chi connectivity index (χ1) is 9.51. The van der Waals surface area contributed by atoms with Crippen molar-refractivity contribution in [2.45, 2.75) is 91.9 Å². The van der Waals surface area contributed by atoms with Crippen LogP contribution in [0.25, 0.3) is 0 Å². The van der Waals surface area contributed by atoms with Gasteiger partial charge in [-0.15, -0.1) is 0 Å². The highest BCUT2D eigenvalue weighted by Crippen LogP contribution is 2.24. The van der Waals surface area contributed by atoms with Crippen LogP contribution >= 0.6 is 0 Å². The number of hydrogen-bond acceptors (Lipinski definition) is 1. The Bertz CT molecular complexity index is 232. The van der Waals surface area contributed by atoms with Gasteiger partial charge < -0.3 is 5.11 Å². The summed E-state index contributed by atoms with van der Waals surface area (Å²) >= 11 is 0. The lowest BCUT2D eigenvalue weighted by Gasteiger charge is -2.18. The van der Waals surface area contributed by atoms with Crippen molar-refractivity contribution in [2.75, 3.05) is 0 Å². The van der Waals surface area contributed by atoms with Crippen molar-refractivity contribution in [3.63, 3.8) is 0 Å². The molecule has 1 unspecified atom stereocenters. The predicted molar refractivity (Wildman–Crippen MR) is 87.0 cm³/mol. The summed E-state index contributed by atoms with van der Waals surface area (Å²) in [6, 6.07) is 0. The van der Waals surface area contributed by atoms with E-state index in [1.807, 2.05) is 0 Å². The van der Waals surface area contributed by atoms with E-state index in [1.165, 1.54) is 32.1 Å². The largest absolute Gasteiger partial charge is 0.481 e. The van der Waals surface area contributed by atoms with E-state index < -0.39 is 5.97 Å². The Morgan fingerprint density at radius 2 is 1.40 bits per heavy atom. The first-order valence-corrected chi connectivity index (χ1v) is 8.73. The molecule has 0 saturated carbocycles. The van der Waals surface area contributed by atoms with Crippen LogP contribution in [-0.2, 0) is 4.79 Å². The van der Waals surface area contributed by atoms with Crippen LogP contribution in [0.1, 0.15) is 91.9 Å². The minimum atomic E-state index is -0.586. The third-order valence-corrected chi connectivity index (χ3v) is 4.46. The number of carboxylic acids is 1. The molecule has 120 valence electrons. The maximum absolute atomic E-state index is 11.3. The monoisotopic (exact) mass is 284 g/mol. The molecule has 0 spiro atoms. The highest BCUT2D eigenvalue weighted by molar-refractivity contribution is 5.69. The smallest absolute Gasteiger partial charge is 0.306 e. The fourth-order valence-electron chi connectivity index (χ4n) is 2.84. The molecule has 0 amide bonds. The van der Waals surface area contributed by atoms with Gasteiger partial charge in [0, 0.05) is 0 Å². The molecule has 0 rings (SSSR count). The standard InChI is InChI=1S/C18H36O2/c1-5-16(6-2)14-17(18(19)20)13-11-9-7-8-10-12-15(3)4/h15-17H,5-14H2,1-4H3,(H,19,20). The van der Waals surface area contributed by atoms with Crippen molar-refractivity contribution in [2.24, 2.45) is 17.8 Å². The predicted octanol–water partition coefficient (Wildman–Crippen LogP) is 5.90. The van der Waals surface area contributed by atoms with Crippen LogP contribution in [0.4, 0.5) is 0 Å². The number of unbranched alkanes of at least 4 members (excludes halogenated alkanes) is 4. The highest BCUT2D eigenvalue weighted by Gasteiger charge is 2.20. The van der Waals surface area contributed by atoms with E-state index in [9.17, 15) is 9.90 Å². The summed E-state index contributed by atoms with van der Waals surface area (Å²) in [7, 11) is 0. The van der Waals surface area contributed by atoms with Gasteiger partial charge in [-0.25, -0.2) is 0 Å². The van der Waals surface area contributed by atoms with Gasteiger partial charge in [-0.2, -0.15) is 0 Å². The van der Waals surface area contributed by atoms with Crippen molar-refractivity contribution in [3.05, 3.63) is 0 Å². The number of carboxylic acid groups (broad SMARTS) is 1. The fraction of sp³-hybridized carbons (Fsp3) is 0.944. The molecule has 2 heteroatoms. The maximum atomic E-state index is 11.3. The van der Waals surface area contributed by atoms with Gasteiger partial charge in [0.15, 0.2) is 0 Å². The van der Waals surface area contributed by atoms with E-state index in [0.717, 1.165) is 38.0 Å². The van der Waals surface area contributed by atoms with Crippen molar-refractivity contribution >= 4 is 5.97 Å². The van der Waals surface area contributed by atoms with Gasteiger partial charge in [0.2, 0.25) is 0 Å². The molecule has 0 fully saturated rings. The van der Waals surface area contributed by atoms with Crippen molar-refractivity contribution < 1.29 is 9.90 Å². The maximum Gasteiger partial charge on any atom is 0.306 e. The van der Waals surface area contributed by atoms with Crippen molar-refractivity contribution in [1.82, 2.24) is 0 Å². The zero-order chi connectivity index (χ0) is 15.4. The lowest BCUT2D eigenvalue weighted by Crippen LogP contribution is -2.17. The Kier molecular flexibility index (Phi) is 11.9. The summed E-state index contributed by atoms with van der Waals surface area (Å²) < 4.78 is 0. The Labute approximate surface area is 126 Å². The molecule has 0 saturated heterocycles. The Morgan fingerprint density at radius 1 is 0.900 bits per heavy atom. The van der Waals surface area contributed by atoms with Crippen LogP contribution in [0.5, 0.6) is 0 Å². The van der Waals surface area contributed by atoms with Gasteiger partial charge in [-0.3, -0.25) is 4.79 Å². The minimum Gasteiger partial charge on any atom is -0.481 e. The second-order valence-corrected chi connectivity index (χ2v) is 6.69. The van der Waals surface area contributed by atoms with Crippen LogP contribution in [0.2, 0.25) is 0 Å². The summed E-state index contributed by atoms with van der Waals surface area (Å²) in [5.74, 6) is 0.695. The molecule has 20 heavy (non-hydrogen) atoms. The zero-order valence-electron chi connectivity index (χ0n) is 14.2. The lowest BCUT2D eigenvalue weighted by molar-refractivity contribution is -0.142. The zero-order valence-corrected chi connectivity index (χ0v) is 14.2. The second kappa shape index (κ2) is 12.2. The molecule has 1 N–H and O–H groups in total. The molecule has 0 bridgehead atoms. The molecule has 0 radical (unpaired) electrons. The molecule has 2 nitrogen and oxygen atoms in total. The Balaban J connectivity index is 3.73. The van der Waals surface area contributed by atoms with Crippen LogP contribution in [0.3, 0.4) is 0 Å². The van der Waals surface area contributed by atoms with E-state index in [-0.39, 0.29) is 5.92 Å². The average Bonchev–Trinajstić information content (AvgIpc) is 2.40.